The molecule has 4 heteroatoms. The number of aliphatic hydroxyl groups is 1. The lowest BCUT2D eigenvalue weighted by atomic mass is 10.2. The maximum Gasteiger partial charge on any atom is 0.185 e. The van der Waals surface area contributed by atoms with Gasteiger partial charge in [0.25, 0.3) is 0 Å². The summed E-state index contributed by atoms with van der Waals surface area (Å²) < 4.78 is 0. The highest BCUT2D eigenvalue weighted by Crippen LogP contribution is 2.26. The van der Waals surface area contributed by atoms with Crippen LogP contribution in [0.3, 0.4) is 0 Å². The topological polar surface area (TPSA) is 36.4 Å². The SMILES string of the molecule is CCCCCN(C)c1nc(CCC)c(CO)s1. The number of aliphatic hydroxyl groups excluding tert-OH is 1. The molecule has 1 rings (SSSR count). The Balaban J connectivity index is 2.63. The van der Waals surface area contributed by atoms with Crippen LogP contribution in [0.2, 0.25) is 0 Å². The lowest BCUT2D eigenvalue weighted by Crippen LogP contribution is -2.18. The molecule has 0 aliphatic heterocycles. The largest absolute Gasteiger partial charge is 0.391 e. The predicted octanol–water partition coefficient (Wildman–Crippen LogP) is 3.21. The second kappa shape index (κ2) is 7.67. The maximum absolute atomic E-state index is 9.31. The minimum absolute atomic E-state index is 0.121. The molecule has 0 aliphatic rings. The van der Waals surface area contributed by atoms with Crippen LogP contribution in [-0.2, 0) is 13.0 Å². The number of hydrogen-bond donors (Lipinski definition) is 1. The third-order valence-corrected chi connectivity index (χ3v) is 4.02. The van der Waals surface area contributed by atoms with Crippen LogP contribution in [0, 0.1) is 0 Å². The van der Waals surface area contributed by atoms with Crippen molar-refractivity contribution in [1.82, 2.24) is 4.98 Å². The zero-order chi connectivity index (χ0) is 12.7. The molecule has 0 unspecified atom stereocenters. The molecular formula is C13H24N2OS. The van der Waals surface area contributed by atoms with Crippen molar-refractivity contribution in [2.75, 3.05) is 18.5 Å². The average molecular weight is 256 g/mol. The van der Waals surface area contributed by atoms with Crippen LogP contribution in [-0.4, -0.2) is 23.7 Å². The lowest BCUT2D eigenvalue weighted by Gasteiger charge is -2.14. The van der Waals surface area contributed by atoms with Crippen LogP contribution < -0.4 is 4.90 Å². The number of rotatable bonds is 8. The van der Waals surface area contributed by atoms with Gasteiger partial charge in [-0.15, -0.1) is 0 Å². The molecule has 0 bridgehead atoms. The van der Waals surface area contributed by atoms with Gasteiger partial charge in [0, 0.05) is 13.6 Å². The van der Waals surface area contributed by atoms with E-state index in [1.54, 1.807) is 11.3 Å². The van der Waals surface area contributed by atoms with E-state index in [1.165, 1.54) is 19.3 Å². The number of aryl methyl sites for hydroxylation is 1. The number of nitrogens with zero attached hydrogens (tertiary/aromatic N) is 2. The van der Waals surface area contributed by atoms with Crippen LogP contribution in [0.15, 0.2) is 0 Å². The second-order valence-electron chi connectivity index (χ2n) is 4.40. The minimum atomic E-state index is 0.121. The third kappa shape index (κ3) is 4.28. The van der Waals surface area contributed by atoms with Crippen LogP contribution in [0.1, 0.15) is 50.1 Å². The average Bonchev–Trinajstić information content (AvgIpc) is 2.73. The lowest BCUT2D eigenvalue weighted by molar-refractivity contribution is 0.284. The number of unbranched alkanes of at least 4 members (excludes halogenated alkanes) is 2. The van der Waals surface area contributed by atoms with Crippen molar-refractivity contribution in [3.05, 3.63) is 10.6 Å². The van der Waals surface area contributed by atoms with E-state index < -0.39 is 0 Å². The monoisotopic (exact) mass is 256 g/mol. The summed E-state index contributed by atoms with van der Waals surface area (Å²) in [5.41, 5.74) is 1.08. The Morgan fingerprint density at radius 1 is 1.24 bits per heavy atom. The Kier molecular flexibility index (Phi) is 6.52. The summed E-state index contributed by atoms with van der Waals surface area (Å²) in [4.78, 5) is 7.87. The first-order valence-corrected chi connectivity index (χ1v) is 7.35. The van der Waals surface area contributed by atoms with Gasteiger partial charge >= 0.3 is 0 Å². The van der Waals surface area contributed by atoms with Gasteiger partial charge in [-0.2, -0.15) is 0 Å². The van der Waals surface area contributed by atoms with Gasteiger partial charge < -0.3 is 10.0 Å². The molecule has 0 aliphatic carbocycles. The van der Waals surface area contributed by atoms with E-state index in [0.717, 1.165) is 35.1 Å². The molecule has 17 heavy (non-hydrogen) atoms. The predicted molar refractivity (Wildman–Crippen MR) is 74.8 cm³/mol. The molecular weight excluding hydrogens is 232 g/mol. The number of thiazole rings is 1. The smallest absolute Gasteiger partial charge is 0.185 e. The number of aromatic nitrogens is 1. The first kappa shape index (κ1) is 14.5. The van der Waals surface area contributed by atoms with E-state index in [0.29, 0.717) is 0 Å². The Labute approximate surface area is 108 Å². The molecule has 0 fully saturated rings. The molecule has 98 valence electrons. The highest BCUT2D eigenvalue weighted by atomic mass is 32.1. The molecule has 0 spiro atoms. The first-order chi connectivity index (χ1) is 8.22. The fraction of sp³-hybridized carbons (Fsp3) is 0.769. The zero-order valence-corrected chi connectivity index (χ0v) is 12.0. The Morgan fingerprint density at radius 3 is 2.59 bits per heavy atom. The summed E-state index contributed by atoms with van der Waals surface area (Å²) >= 11 is 1.63. The summed E-state index contributed by atoms with van der Waals surface area (Å²) in [6.07, 6.45) is 5.77. The van der Waals surface area contributed by atoms with Gasteiger partial charge in [0.1, 0.15) is 0 Å². The standard InChI is InChI=1S/C13H24N2OS/c1-4-6-7-9-15(3)13-14-11(8-5-2)12(10-16)17-13/h16H,4-10H2,1-3H3. The fourth-order valence-corrected chi connectivity index (χ4v) is 2.74. The first-order valence-electron chi connectivity index (χ1n) is 6.53. The van der Waals surface area contributed by atoms with Crippen LogP contribution in [0.5, 0.6) is 0 Å². The molecule has 0 saturated heterocycles. The van der Waals surface area contributed by atoms with Crippen molar-refractivity contribution in [2.24, 2.45) is 0 Å². The molecule has 0 amide bonds. The molecule has 1 heterocycles. The van der Waals surface area contributed by atoms with E-state index in [4.69, 9.17) is 0 Å². The molecule has 0 aromatic carbocycles. The Morgan fingerprint density at radius 2 is 2.00 bits per heavy atom. The second-order valence-corrected chi connectivity index (χ2v) is 5.47. The summed E-state index contributed by atoms with van der Waals surface area (Å²) in [5, 5.41) is 10.4. The molecule has 1 aromatic rings. The van der Waals surface area contributed by atoms with E-state index in [9.17, 15) is 5.11 Å². The fourth-order valence-electron chi connectivity index (χ4n) is 1.78. The van der Waals surface area contributed by atoms with Crippen molar-refractivity contribution in [3.8, 4) is 0 Å². The van der Waals surface area contributed by atoms with E-state index in [-0.39, 0.29) is 6.61 Å². The van der Waals surface area contributed by atoms with E-state index >= 15 is 0 Å². The normalized spacial score (nSPS) is 10.8. The summed E-state index contributed by atoms with van der Waals surface area (Å²) in [7, 11) is 2.09. The van der Waals surface area contributed by atoms with Crippen LogP contribution >= 0.6 is 11.3 Å². The van der Waals surface area contributed by atoms with E-state index in [2.05, 4.69) is 30.8 Å². The highest BCUT2D eigenvalue weighted by Gasteiger charge is 2.12. The molecule has 0 saturated carbocycles. The molecule has 1 aromatic heterocycles. The Bertz CT molecular complexity index is 325. The quantitative estimate of drug-likeness (QED) is 0.726. The van der Waals surface area contributed by atoms with Crippen molar-refractivity contribution in [3.63, 3.8) is 0 Å². The summed E-state index contributed by atoms with van der Waals surface area (Å²) in [5.74, 6) is 0. The minimum Gasteiger partial charge on any atom is -0.391 e. The van der Waals surface area contributed by atoms with Crippen LogP contribution in [0.25, 0.3) is 0 Å². The maximum atomic E-state index is 9.31. The van der Waals surface area contributed by atoms with Gasteiger partial charge in [-0.3, -0.25) is 0 Å². The molecule has 1 N–H and O–H groups in total. The number of hydrogen-bond acceptors (Lipinski definition) is 4. The third-order valence-electron chi connectivity index (χ3n) is 2.82. The molecule has 3 nitrogen and oxygen atoms in total. The van der Waals surface area contributed by atoms with Gasteiger partial charge in [0.15, 0.2) is 5.13 Å². The van der Waals surface area contributed by atoms with Gasteiger partial charge in [-0.1, -0.05) is 44.4 Å². The van der Waals surface area contributed by atoms with Crippen molar-refractivity contribution < 1.29 is 5.11 Å². The van der Waals surface area contributed by atoms with Crippen molar-refractivity contribution in [2.45, 2.75) is 52.6 Å². The van der Waals surface area contributed by atoms with Crippen LogP contribution in [0.4, 0.5) is 5.13 Å². The summed E-state index contributed by atoms with van der Waals surface area (Å²) in [6.45, 7) is 5.53. The van der Waals surface area contributed by atoms with Gasteiger partial charge in [-0.25, -0.2) is 4.98 Å². The highest BCUT2D eigenvalue weighted by molar-refractivity contribution is 7.15. The van der Waals surface area contributed by atoms with Gasteiger partial charge in [0.05, 0.1) is 17.2 Å². The summed E-state index contributed by atoms with van der Waals surface area (Å²) in [6, 6.07) is 0. The zero-order valence-electron chi connectivity index (χ0n) is 11.2. The Hall–Kier alpha value is -0.610. The molecule has 0 radical (unpaired) electrons. The van der Waals surface area contributed by atoms with E-state index in [1.807, 2.05) is 0 Å². The van der Waals surface area contributed by atoms with Gasteiger partial charge in [0.2, 0.25) is 0 Å². The van der Waals surface area contributed by atoms with Gasteiger partial charge in [-0.05, 0) is 12.8 Å². The van der Waals surface area contributed by atoms with Crippen molar-refractivity contribution >= 4 is 16.5 Å². The van der Waals surface area contributed by atoms with Crippen molar-refractivity contribution in [1.29, 1.82) is 0 Å². The molecule has 0 atom stereocenters. The number of anilines is 1.